The molecule has 0 aliphatic carbocycles. The first-order valence-electron chi connectivity index (χ1n) is 5.02. The van der Waals surface area contributed by atoms with Crippen molar-refractivity contribution in [2.24, 2.45) is 0 Å². The van der Waals surface area contributed by atoms with Crippen LogP contribution in [0.4, 0.5) is 0 Å². The van der Waals surface area contributed by atoms with Crippen molar-refractivity contribution in [1.29, 1.82) is 0 Å². The maximum Gasteiger partial charge on any atom is 0.0702 e. The maximum absolute atomic E-state index is 8.65. The quantitative estimate of drug-likeness (QED) is 0.824. The zero-order valence-electron chi connectivity index (χ0n) is 8.43. The molecule has 0 saturated heterocycles. The Kier molecular flexibility index (Phi) is 3.10. The molecule has 0 spiro atoms. The number of nitrogens with zero attached hydrogens (tertiary/aromatic N) is 1. The summed E-state index contributed by atoms with van der Waals surface area (Å²) in [6.45, 7) is 0.192. The zero-order valence-corrected chi connectivity index (χ0v) is 8.43. The molecule has 2 rings (SSSR count). The lowest BCUT2D eigenvalue weighted by Crippen LogP contribution is -1.81. The molecule has 0 atom stereocenters. The lowest BCUT2D eigenvalue weighted by molar-refractivity contribution is 0.303. The minimum absolute atomic E-state index is 0.192. The highest BCUT2D eigenvalue weighted by Gasteiger charge is 1.93. The van der Waals surface area contributed by atoms with Gasteiger partial charge in [0.15, 0.2) is 0 Å². The minimum Gasteiger partial charge on any atom is -0.396 e. The SMILES string of the molecule is OCCC=Cc1cnc2ccccc2c1. The van der Waals surface area contributed by atoms with Gasteiger partial charge in [-0.2, -0.15) is 0 Å². The Hall–Kier alpha value is -1.67. The molecule has 0 saturated carbocycles. The van der Waals surface area contributed by atoms with Crippen molar-refractivity contribution in [3.05, 3.63) is 48.2 Å². The molecule has 0 bridgehead atoms. The first-order chi connectivity index (χ1) is 7.40. The third-order valence-corrected chi connectivity index (χ3v) is 2.22. The molecular formula is C13H13NO. The van der Waals surface area contributed by atoms with Crippen LogP contribution in [0.5, 0.6) is 0 Å². The van der Waals surface area contributed by atoms with Gasteiger partial charge >= 0.3 is 0 Å². The number of aromatic nitrogens is 1. The molecule has 1 aromatic carbocycles. The van der Waals surface area contributed by atoms with Crippen LogP contribution >= 0.6 is 0 Å². The Balaban J connectivity index is 2.30. The summed E-state index contributed by atoms with van der Waals surface area (Å²) >= 11 is 0. The van der Waals surface area contributed by atoms with Gasteiger partial charge in [-0.1, -0.05) is 30.4 Å². The number of hydrogen-bond donors (Lipinski definition) is 1. The largest absolute Gasteiger partial charge is 0.396 e. The van der Waals surface area contributed by atoms with Gasteiger partial charge in [-0.05, 0) is 24.1 Å². The first kappa shape index (κ1) is 9.87. The van der Waals surface area contributed by atoms with E-state index in [1.807, 2.05) is 42.6 Å². The van der Waals surface area contributed by atoms with Crippen molar-refractivity contribution >= 4 is 17.0 Å². The predicted octanol–water partition coefficient (Wildman–Crippen LogP) is 2.63. The summed E-state index contributed by atoms with van der Waals surface area (Å²) in [4.78, 5) is 4.35. The fourth-order valence-corrected chi connectivity index (χ4v) is 1.47. The molecular weight excluding hydrogens is 186 g/mol. The molecule has 0 radical (unpaired) electrons. The molecule has 0 fully saturated rings. The second kappa shape index (κ2) is 4.71. The normalized spacial score (nSPS) is 11.3. The fraction of sp³-hybridized carbons (Fsp3) is 0.154. The van der Waals surface area contributed by atoms with E-state index in [0.29, 0.717) is 6.42 Å². The van der Waals surface area contributed by atoms with Crippen LogP contribution in [0.25, 0.3) is 17.0 Å². The van der Waals surface area contributed by atoms with Crippen molar-refractivity contribution in [3.8, 4) is 0 Å². The Bertz CT molecular complexity index is 477. The Morgan fingerprint density at radius 3 is 3.00 bits per heavy atom. The molecule has 0 amide bonds. The summed E-state index contributed by atoms with van der Waals surface area (Å²) in [5.41, 5.74) is 2.08. The van der Waals surface area contributed by atoms with Crippen LogP contribution in [0, 0.1) is 0 Å². The average Bonchev–Trinajstić information content (AvgIpc) is 2.29. The molecule has 1 N–H and O–H groups in total. The number of hydrogen-bond acceptors (Lipinski definition) is 2. The average molecular weight is 199 g/mol. The van der Waals surface area contributed by atoms with Gasteiger partial charge in [0.25, 0.3) is 0 Å². The Morgan fingerprint density at radius 2 is 2.13 bits per heavy atom. The van der Waals surface area contributed by atoms with E-state index in [1.165, 1.54) is 0 Å². The highest BCUT2D eigenvalue weighted by atomic mass is 16.2. The minimum atomic E-state index is 0.192. The summed E-state index contributed by atoms with van der Waals surface area (Å²) in [5, 5.41) is 9.79. The van der Waals surface area contributed by atoms with Crippen molar-refractivity contribution in [2.75, 3.05) is 6.61 Å². The Labute approximate surface area is 88.9 Å². The van der Waals surface area contributed by atoms with Gasteiger partial charge in [0.05, 0.1) is 5.52 Å². The van der Waals surface area contributed by atoms with Gasteiger partial charge in [0.1, 0.15) is 0 Å². The van der Waals surface area contributed by atoms with Gasteiger partial charge in [-0.25, -0.2) is 0 Å². The van der Waals surface area contributed by atoms with Crippen molar-refractivity contribution < 1.29 is 5.11 Å². The molecule has 2 heteroatoms. The summed E-state index contributed by atoms with van der Waals surface area (Å²) in [6.07, 6.45) is 6.46. The standard InChI is InChI=1S/C13H13NO/c15-8-4-3-5-11-9-12-6-1-2-7-13(12)14-10-11/h1-3,5-7,9-10,15H,4,8H2. The molecule has 2 nitrogen and oxygen atoms in total. The molecule has 0 aliphatic heterocycles. The van der Waals surface area contributed by atoms with Crippen molar-refractivity contribution in [1.82, 2.24) is 4.98 Å². The number of pyridine rings is 1. The third kappa shape index (κ3) is 2.42. The van der Waals surface area contributed by atoms with Crippen molar-refractivity contribution in [3.63, 3.8) is 0 Å². The number of para-hydroxylation sites is 1. The van der Waals surface area contributed by atoms with Crippen molar-refractivity contribution in [2.45, 2.75) is 6.42 Å². The lowest BCUT2D eigenvalue weighted by Gasteiger charge is -1.97. The van der Waals surface area contributed by atoms with Gasteiger partial charge in [0, 0.05) is 18.2 Å². The molecule has 76 valence electrons. The number of rotatable bonds is 3. The molecule has 1 aromatic heterocycles. The van der Waals surface area contributed by atoms with Crippen LogP contribution < -0.4 is 0 Å². The molecule has 0 aliphatic rings. The predicted molar refractivity (Wildman–Crippen MR) is 62.5 cm³/mol. The van der Waals surface area contributed by atoms with E-state index in [1.54, 1.807) is 0 Å². The highest BCUT2D eigenvalue weighted by molar-refractivity contribution is 5.80. The summed E-state index contributed by atoms with van der Waals surface area (Å²) < 4.78 is 0. The van der Waals surface area contributed by atoms with E-state index >= 15 is 0 Å². The second-order valence-electron chi connectivity index (χ2n) is 3.38. The number of aliphatic hydroxyl groups excluding tert-OH is 1. The molecule has 15 heavy (non-hydrogen) atoms. The summed E-state index contributed by atoms with van der Waals surface area (Å²) in [5.74, 6) is 0. The first-order valence-corrected chi connectivity index (χ1v) is 5.02. The second-order valence-corrected chi connectivity index (χ2v) is 3.38. The van der Waals surface area contributed by atoms with Crippen LogP contribution in [0.2, 0.25) is 0 Å². The molecule has 1 heterocycles. The van der Waals surface area contributed by atoms with Crippen LogP contribution in [0.15, 0.2) is 42.6 Å². The smallest absolute Gasteiger partial charge is 0.0702 e. The maximum atomic E-state index is 8.65. The van der Waals surface area contributed by atoms with Gasteiger partial charge in [-0.3, -0.25) is 4.98 Å². The summed E-state index contributed by atoms with van der Waals surface area (Å²) in [7, 11) is 0. The zero-order chi connectivity index (χ0) is 10.5. The van der Waals surface area contributed by atoms with E-state index in [9.17, 15) is 0 Å². The fourth-order valence-electron chi connectivity index (χ4n) is 1.47. The number of fused-ring (bicyclic) bond motifs is 1. The third-order valence-electron chi connectivity index (χ3n) is 2.22. The van der Waals surface area contributed by atoms with Gasteiger partial charge in [-0.15, -0.1) is 0 Å². The van der Waals surface area contributed by atoms with E-state index in [-0.39, 0.29) is 6.61 Å². The Morgan fingerprint density at radius 1 is 1.27 bits per heavy atom. The molecule has 2 aromatic rings. The van der Waals surface area contributed by atoms with E-state index < -0.39 is 0 Å². The molecule has 0 unspecified atom stereocenters. The highest BCUT2D eigenvalue weighted by Crippen LogP contribution is 2.13. The lowest BCUT2D eigenvalue weighted by atomic mass is 10.1. The van der Waals surface area contributed by atoms with Crippen LogP contribution in [0.3, 0.4) is 0 Å². The topological polar surface area (TPSA) is 33.1 Å². The van der Waals surface area contributed by atoms with Gasteiger partial charge < -0.3 is 5.11 Å². The monoisotopic (exact) mass is 199 g/mol. The van der Waals surface area contributed by atoms with E-state index in [2.05, 4.69) is 11.1 Å². The van der Waals surface area contributed by atoms with Crippen LogP contribution in [0.1, 0.15) is 12.0 Å². The number of aliphatic hydroxyl groups is 1. The van der Waals surface area contributed by atoms with Crippen LogP contribution in [-0.2, 0) is 0 Å². The van der Waals surface area contributed by atoms with Crippen LogP contribution in [-0.4, -0.2) is 16.7 Å². The summed E-state index contributed by atoms with van der Waals surface area (Å²) in [6, 6.07) is 10.1. The number of benzene rings is 1. The van der Waals surface area contributed by atoms with Gasteiger partial charge in [0.2, 0.25) is 0 Å². The van der Waals surface area contributed by atoms with E-state index in [0.717, 1.165) is 16.5 Å². The van der Waals surface area contributed by atoms with E-state index in [4.69, 9.17) is 5.11 Å².